The molecule has 1 N–H and O–H groups in total. The number of rotatable bonds is 4. The Labute approximate surface area is 137 Å². The minimum atomic E-state index is -3.86. The summed E-state index contributed by atoms with van der Waals surface area (Å²) in [4.78, 5) is 0.0784. The summed E-state index contributed by atoms with van der Waals surface area (Å²) in [5.74, 6) is 0.684. The van der Waals surface area contributed by atoms with Crippen molar-refractivity contribution in [3.05, 3.63) is 24.3 Å². The topological polar surface area (TPSA) is 83.4 Å². The quantitative estimate of drug-likeness (QED) is 0.667. The molecule has 0 unspecified atom stereocenters. The van der Waals surface area contributed by atoms with Gasteiger partial charge in [0.1, 0.15) is 5.75 Å². The van der Waals surface area contributed by atoms with Crippen LogP contribution < -0.4 is 10.1 Å². The lowest BCUT2D eigenvalue weighted by Crippen LogP contribution is -2.39. The van der Waals surface area contributed by atoms with Crippen LogP contribution in [0.3, 0.4) is 0 Å². The molecule has 23 heavy (non-hydrogen) atoms. The number of nitrogens with one attached hydrogen (secondary N) is 1. The number of hydrogen-bond donors (Lipinski definition) is 1. The number of ether oxygens (including phenoxy) is 1. The van der Waals surface area contributed by atoms with Crippen molar-refractivity contribution in [2.24, 2.45) is 14.9 Å². The van der Waals surface area contributed by atoms with Gasteiger partial charge in [0.25, 0.3) is 10.0 Å². The normalized spacial score (nSPS) is 17.4. The summed E-state index contributed by atoms with van der Waals surface area (Å²) in [5, 5.41) is 8.78. The van der Waals surface area contributed by atoms with Crippen LogP contribution in [-0.2, 0) is 10.0 Å². The van der Waals surface area contributed by atoms with Gasteiger partial charge in [-0.1, -0.05) is 19.9 Å². The van der Waals surface area contributed by atoms with E-state index >= 15 is 0 Å². The van der Waals surface area contributed by atoms with Crippen molar-refractivity contribution in [3.8, 4) is 5.75 Å². The summed E-state index contributed by atoms with van der Waals surface area (Å²) >= 11 is 0. The van der Waals surface area contributed by atoms with Crippen LogP contribution in [0.15, 0.2) is 38.7 Å². The van der Waals surface area contributed by atoms with Crippen LogP contribution in [-0.4, -0.2) is 45.8 Å². The van der Waals surface area contributed by atoms with E-state index in [4.69, 9.17) is 4.74 Å². The molecule has 8 heteroatoms. The average molecular weight is 338 g/mol. The molecule has 2 rings (SSSR count). The van der Waals surface area contributed by atoms with Gasteiger partial charge < -0.3 is 10.1 Å². The van der Waals surface area contributed by atoms with Crippen LogP contribution >= 0.6 is 0 Å². The number of hydrazone groups is 1. The maximum atomic E-state index is 12.5. The zero-order chi connectivity index (χ0) is 17.1. The lowest BCUT2D eigenvalue weighted by molar-refractivity contribution is 0.376. The molecule has 126 valence electrons. The molecule has 0 spiro atoms. The molecule has 7 nitrogen and oxygen atoms in total. The van der Waals surface area contributed by atoms with E-state index in [1.54, 1.807) is 23.4 Å². The molecule has 0 fully saturated rings. The molecule has 1 aromatic rings. The first-order valence-electron chi connectivity index (χ1n) is 7.33. The first-order valence-corrected chi connectivity index (χ1v) is 8.77. The summed E-state index contributed by atoms with van der Waals surface area (Å²) in [6.45, 7) is 7.03. The number of benzene rings is 1. The van der Waals surface area contributed by atoms with E-state index in [0.29, 0.717) is 18.8 Å². The molecular formula is C15H22N4O3S. The largest absolute Gasteiger partial charge is 0.497 e. The molecule has 0 saturated carbocycles. The molecule has 0 aliphatic carbocycles. The Morgan fingerprint density at radius 2 is 2.22 bits per heavy atom. The van der Waals surface area contributed by atoms with E-state index in [0.717, 1.165) is 0 Å². The molecular weight excluding hydrogens is 316 g/mol. The van der Waals surface area contributed by atoms with Crippen LogP contribution in [0.4, 0.5) is 0 Å². The monoisotopic (exact) mass is 338 g/mol. The number of hydrogen-bond acceptors (Lipinski definition) is 4. The second-order valence-electron chi connectivity index (χ2n) is 5.89. The van der Waals surface area contributed by atoms with Crippen molar-refractivity contribution in [1.82, 2.24) is 10.3 Å². The summed E-state index contributed by atoms with van der Waals surface area (Å²) in [5.41, 5.74) is -0.129. The minimum Gasteiger partial charge on any atom is -0.497 e. The highest BCUT2D eigenvalue weighted by atomic mass is 32.2. The van der Waals surface area contributed by atoms with Crippen LogP contribution in [0, 0.1) is 5.41 Å². The predicted molar refractivity (Wildman–Crippen MR) is 90.3 cm³/mol. The van der Waals surface area contributed by atoms with E-state index in [9.17, 15) is 8.42 Å². The standard InChI is InChI=1S/C15H22N4O3S/c1-5-16-14(19-11-15(2,3)10-17-19)18-23(20,21)13-8-6-7-12(9-13)22-4/h6-10H,5,11H2,1-4H3,(H,16,18). The third kappa shape index (κ3) is 4.22. The molecule has 0 radical (unpaired) electrons. The van der Waals surface area contributed by atoms with E-state index in [2.05, 4.69) is 14.8 Å². The summed E-state index contributed by atoms with van der Waals surface area (Å²) in [6, 6.07) is 6.23. The second kappa shape index (κ2) is 6.57. The van der Waals surface area contributed by atoms with Gasteiger partial charge in [-0.05, 0) is 19.1 Å². The van der Waals surface area contributed by atoms with Crippen molar-refractivity contribution in [2.45, 2.75) is 25.7 Å². The molecule has 0 amide bonds. The zero-order valence-electron chi connectivity index (χ0n) is 13.8. The van der Waals surface area contributed by atoms with Crippen LogP contribution in [0.2, 0.25) is 0 Å². The SMILES string of the molecule is CCN/C(=N\S(=O)(=O)c1cccc(OC)c1)N1CC(C)(C)C=N1. The van der Waals surface area contributed by atoms with E-state index in [1.807, 2.05) is 20.8 Å². The van der Waals surface area contributed by atoms with Gasteiger partial charge >= 0.3 is 0 Å². The van der Waals surface area contributed by atoms with Gasteiger partial charge in [-0.15, -0.1) is 4.40 Å². The summed E-state index contributed by atoms with van der Waals surface area (Å²) in [6.07, 6.45) is 1.79. The lowest BCUT2D eigenvalue weighted by atomic mass is 9.97. The molecule has 0 saturated heterocycles. The predicted octanol–water partition coefficient (Wildman–Crippen LogP) is 1.68. The Morgan fingerprint density at radius 3 is 2.78 bits per heavy atom. The second-order valence-corrected chi connectivity index (χ2v) is 7.49. The van der Waals surface area contributed by atoms with Gasteiger partial charge in [0.2, 0.25) is 5.96 Å². The van der Waals surface area contributed by atoms with Crippen molar-refractivity contribution in [3.63, 3.8) is 0 Å². The smallest absolute Gasteiger partial charge is 0.285 e. The summed E-state index contributed by atoms with van der Waals surface area (Å²) < 4.78 is 34.1. The van der Waals surface area contributed by atoms with Gasteiger partial charge in [-0.25, -0.2) is 5.01 Å². The molecule has 1 aromatic carbocycles. The highest BCUT2D eigenvalue weighted by molar-refractivity contribution is 7.90. The van der Waals surface area contributed by atoms with Gasteiger partial charge in [-0.2, -0.15) is 13.5 Å². The third-order valence-corrected chi connectivity index (χ3v) is 4.49. The number of methoxy groups -OCH3 is 1. The van der Waals surface area contributed by atoms with Crippen LogP contribution in [0.25, 0.3) is 0 Å². The van der Waals surface area contributed by atoms with E-state index < -0.39 is 10.0 Å². The zero-order valence-corrected chi connectivity index (χ0v) is 14.6. The highest BCUT2D eigenvalue weighted by Gasteiger charge is 2.29. The number of nitrogens with zero attached hydrogens (tertiary/aromatic N) is 3. The van der Waals surface area contributed by atoms with Crippen LogP contribution in [0.1, 0.15) is 20.8 Å². The van der Waals surface area contributed by atoms with Crippen LogP contribution in [0.5, 0.6) is 5.75 Å². The van der Waals surface area contributed by atoms with Crippen molar-refractivity contribution in [1.29, 1.82) is 0 Å². The maximum Gasteiger partial charge on any atom is 0.285 e. The Morgan fingerprint density at radius 1 is 1.48 bits per heavy atom. The summed E-state index contributed by atoms with van der Waals surface area (Å²) in [7, 11) is -2.37. The Balaban J connectivity index is 2.36. The Hall–Kier alpha value is -2.09. The fraction of sp³-hybridized carbons (Fsp3) is 0.467. The van der Waals surface area contributed by atoms with Gasteiger partial charge in [0.15, 0.2) is 0 Å². The van der Waals surface area contributed by atoms with Gasteiger partial charge in [0.05, 0.1) is 18.6 Å². The van der Waals surface area contributed by atoms with Crippen molar-refractivity contribution in [2.75, 3.05) is 20.2 Å². The van der Waals surface area contributed by atoms with Gasteiger partial charge in [-0.3, -0.25) is 0 Å². The first kappa shape index (κ1) is 17.3. The maximum absolute atomic E-state index is 12.5. The number of sulfonamides is 1. The van der Waals surface area contributed by atoms with E-state index in [-0.39, 0.29) is 16.3 Å². The van der Waals surface area contributed by atoms with E-state index in [1.165, 1.54) is 19.2 Å². The highest BCUT2D eigenvalue weighted by Crippen LogP contribution is 2.22. The fourth-order valence-electron chi connectivity index (χ4n) is 2.08. The van der Waals surface area contributed by atoms with Crippen molar-refractivity contribution >= 4 is 22.2 Å². The molecule has 0 aromatic heterocycles. The Bertz CT molecular complexity index is 726. The molecule has 1 heterocycles. The number of guanidine groups is 1. The molecule has 0 bridgehead atoms. The van der Waals surface area contributed by atoms with Crippen molar-refractivity contribution < 1.29 is 13.2 Å². The lowest BCUT2D eigenvalue weighted by Gasteiger charge is -2.21. The van der Waals surface area contributed by atoms with Gasteiger partial charge in [0, 0.05) is 24.2 Å². The Kier molecular flexibility index (Phi) is 4.93. The average Bonchev–Trinajstić information content (AvgIpc) is 2.87. The third-order valence-electron chi connectivity index (χ3n) is 3.23. The fourth-order valence-corrected chi connectivity index (χ4v) is 3.09. The molecule has 1 aliphatic rings. The molecule has 1 aliphatic heterocycles. The molecule has 0 atom stereocenters. The minimum absolute atomic E-state index is 0.0784. The first-order chi connectivity index (χ1) is 10.8.